The van der Waals surface area contributed by atoms with Gasteiger partial charge in [0.15, 0.2) is 0 Å². The summed E-state index contributed by atoms with van der Waals surface area (Å²) in [6.07, 6.45) is 0.929. The molecule has 1 aromatic rings. The van der Waals surface area contributed by atoms with Gasteiger partial charge in [0.05, 0.1) is 12.0 Å². The lowest BCUT2D eigenvalue weighted by atomic mass is 10.0. The summed E-state index contributed by atoms with van der Waals surface area (Å²) in [4.78, 5) is 0. The topological polar surface area (TPSA) is 35.8 Å². The number of nitrogens with zero attached hydrogens (tertiary/aromatic N) is 1. The van der Waals surface area contributed by atoms with Gasteiger partial charge in [-0.15, -0.1) is 0 Å². The quantitative estimate of drug-likeness (QED) is 0.832. The first-order chi connectivity index (χ1) is 6.79. The van der Waals surface area contributed by atoms with Crippen LogP contribution in [0.1, 0.15) is 18.0 Å². The average molecular weight is 251 g/mol. The molecule has 2 rings (SSSR count). The second kappa shape index (κ2) is 4.12. The Labute approximate surface area is 92.1 Å². The highest BCUT2D eigenvalue weighted by atomic mass is 79.9. The number of hydrogen-bond acceptors (Lipinski definition) is 2. The molecular formula is C11H11BrN2. The molecule has 14 heavy (non-hydrogen) atoms. The predicted molar refractivity (Wildman–Crippen MR) is 58.6 cm³/mol. The molecule has 0 amide bonds. The lowest BCUT2D eigenvalue weighted by Gasteiger charge is -2.09. The summed E-state index contributed by atoms with van der Waals surface area (Å²) in [7, 11) is 0. The molecule has 1 N–H and O–H groups in total. The van der Waals surface area contributed by atoms with Crippen LogP contribution in [-0.4, -0.2) is 6.54 Å². The van der Waals surface area contributed by atoms with Gasteiger partial charge in [-0.3, -0.25) is 0 Å². The number of nitrogens with one attached hydrogen (secondary N) is 1. The molecule has 2 unspecified atom stereocenters. The Balaban J connectivity index is 2.10. The van der Waals surface area contributed by atoms with Crippen LogP contribution in [0.2, 0.25) is 0 Å². The van der Waals surface area contributed by atoms with Crippen LogP contribution < -0.4 is 5.32 Å². The minimum atomic E-state index is 0.170. The van der Waals surface area contributed by atoms with Crippen molar-refractivity contribution in [2.24, 2.45) is 5.92 Å². The van der Waals surface area contributed by atoms with Crippen molar-refractivity contribution in [3.8, 4) is 6.07 Å². The highest BCUT2D eigenvalue weighted by Crippen LogP contribution is 2.27. The van der Waals surface area contributed by atoms with Crippen LogP contribution in [0.25, 0.3) is 0 Å². The maximum absolute atomic E-state index is 8.78. The summed E-state index contributed by atoms with van der Waals surface area (Å²) in [5, 5.41) is 12.1. The van der Waals surface area contributed by atoms with Crippen molar-refractivity contribution in [1.82, 2.24) is 5.32 Å². The number of benzene rings is 1. The van der Waals surface area contributed by atoms with Crippen LogP contribution in [0, 0.1) is 17.2 Å². The molecule has 72 valence electrons. The SMILES string of the molecule is N#CC1CNC(c2ccc(Br)cc2)C1. The van der Waals surface area contributed by atoms with Gasteiger partial charge in [0, 0.05) is 17.1 Å². The normalized spacial score (nSPS) is 26.0. The zero-order valence-corrected chi connectivity index (χ0v) is 9.29. The maximum Gasteiger partial charge on any atom is 0.0669 e. The molecule has 0 radical (unpaired) electrons. The van der Waals surface area contributed by atoms with Crippen molar-refractivity contribution in [2.45, 2.75) is 12.5 Å². The minimum Gasteiger partial charge on any atom is -0.309 e. The first kappa shape index (κ1) is 9.70. The van der Waals surface area contributed by atoms with Gasteiger partial charge in [0.1, 0.15) is 0 Å². The van der Waals surface area contributed by atoms with Gasteiger partial charge in [-0.1, -0.05) is 28.1 Å². The smallest absolute Gasteiger partial charge is 0.0669 e. The Hall–Kier alpha value is -0.850. The van der Waals surface area contributed by atoms with E-state index in [2.05, 4.69) is 39.4 Å². The van der Waals surface area contributed by atoms with Crippen molar-refractivity contribution in [3.05, 3.63) is 34.3 Å². The van der Waals surface area contributed by atoms with E-state index in [1.807, 2.05) is 12.1 Å². The molecule has 1 fully saturated rings. The summed E-state index contributed by atoms with van der Waals surface area (Å²) in [6, 6.07) is 10.9. The van der Waals surface area contributed by atoms with E-state index in [9.17, 15) is 0 Å². The fourth-order valence-electron chi connectivity index (χ4n) is 1.78. The number of rotatable bonds is 1. The van der Waals surface area contributed by atoms with E-state index in [4.69, 9.17) is 5.26 Å². The Morgan fingerprint density at radius 3 is 2.64 bits per heavy atom. The summed E-state index contributed by atoms with van der Waals surface area (Å²) in [5.74, 6) is 0.170. The van der Waals surface area contributed by atoms with Gasteiger partial charge in [-0.2, -0.15) is 5.26 Å². The standard InChI is InChI=1S/C11H11BrN2/c12-10-3-1-9(2-4-10)11-5-8(6-13)7-14-11/h1-4,8,11,14H,5,7H2. The van der Waals surface area contributed by atoms with Crippen molar-refractivity contribution >= 4 is 15.9 Å². The highest BCUT2D eigenvalue weighted by Gasteiger charge is 2.24. The third-order valence-corrected chi connectivity index (χ3v) is 3.11. The first-order valence-corrected chi connectivity index (χ1v) is 5.47. The zero-order valence-electron chi connectivity index (χ0n) is 7.70. The summed E-state index contributed by atoms with van der Waals surface area (Å²) in [6.45, 7) is 0.817. The maximum atomic E-state index is 8.78. The van der Waals surface area contributed by atoms with Crippen LogP contribution in [0.3, 0.4) is 0 Å². The fourth-order valence-corrected chi connectivity index (χ4v) is 2.05. The lowest BCUT2D eigenvalue weighted by Crippen LogP contribution is -2.13. The molecule has 1 aromatic carbocycles. The molecule has 0 saturated carbocycles. The predicted octanol–water partition coefficient (Wildman–Crippen LogP) is 2.62. The van der Waals surface area contributed by atoms with E-state index < -0.39 is 0 Å². The van der Waals surface area contributed by atoms with E-state index in [1.54, 1.807) is 0 Å². The van der Waals surface area contributed by atoms with Crippen molar-refractivity contribution in [3.63, 3.8) is 0 Å². The summed E-state index contributed by atoms with van der Waals surface area (Å²) >= 11 is 3.41. The molecule has 2 nitrogen and oxygen atoms in total. The minimum absolute atomic E-state index is 0.170. The largest absolute Gasteiger partial charge is 0.309 e. The van der Waals surface area contributed by atoms with Gasteiger partial charge in [-0.05, 0) is 24.1 Å². The van der Waals surface area contributed by atoms with E-state index in [1.165, 1.54) is 5.56 Å². The van der Waals surface area contributed by atoms with E-state index >= 15 is 0 Å². The van der Waals surface area contributed by atoms with Gasteiger partial charge >= 0.3 is 0 Å². The Morgan fingerprint density at radius 1 is 1.36 bits per heavy atom. The van der Waals surface area contributed by atoms with Crippen LogP contribution >= 0.6 is 15.9 Å². The Morgan fingerprint density at radius 2 is 2.07 bits per heavy atom. The lowest BCUT2D eigenvalue weighted by molar-refractivity contribution is 0.639. The van der Waals surface area contributed by atoms with Crippen LogP contribution in [0.4, 0.5) is 0 Å². The number of hydrogen-bond donors (Lipinski definition) is 1. The third-order valence-electron chi connectivity index (χ3n) is 2.59. The van der Waals surface area contributed by atoms with Gasteiger partial charge in [0.2, 0.25) is 0 Å². The summed E-state index contributed by atoms with van der Waals surface area (Å²) < 4.78 is 1.09. The number of halogens is 1. The molecule has 2 atom stereocenters. The highest BCUT2D eigenvalue weighted by molar-refractivity contribution is 9.10. The molecule has 1 aliphatic heterocycles. The van der Waals surface area contributed by atoms with E-state index in [-0.39, 0.29) is 5.92 Å². The fraction of sp³-hybridized carbons (Fsp3) is 0.364. The van der Waals surface area contributed by atoms with E-state index in [0.29, 0.717) is 6.04 Å². The van der Waals surface area contributed by atoms with Crippen molar-refractivity contribution in [1.29, 1.82) is 5.26 Å². The molecule has 3 heteroatoms. The molecule has 1 aliphatic rings. The van der Waals surface area contributed by atoms with Crippen LogP contribution in [-0.2, 0) is 0 Å². The number of nitriles is 1. The Bertz CT molecular complexity index is 353. The van der Waals surface area contributed by atoms with Crippen molar-refractivity contribution in [2.75, 3.05) is 6.54 Å². The first-order valence-electron chi connectivity index (χ1n) is 4.68. The molecular weight excluding hydrogens is 240 g/mol. The monoisotopic (exact) mass is 250 g/mol. The summed E-state index contributed by atoms with van der Waals surface area (Å²) in [5.41, 5.74) is 1.27. The average Bonchev–Trinajstić information content (AvgIpc) is 2.67. The Kier molecular flexibility index (Phi) is 2.85. The molecule has 0 aliphatic carbocycles. The van der Waals surface area contributed by atoms with Gasteiger partial charge < -0.3 is 5.32 Å². The van der Waals surface area contributed by atoms with Gasteiger partial charge in [-0.25, -0.2) is 0 Å². The molecule has 0 aromatic heterocycles. The van der Waals surface area contributed by atoms with Crippen LogP contribution in [0.15, 0.2) is 28.7 Å². The molecule has 1 heterocycles. The second-order valence-electron chi connectivity index (χ2n) is 3.57. The molecule has 0 spiro atoms. The molecule has 1 saturated heterocycles. The van der Waals surface area contributed by atoms with Crippen molar-refractivity contribution < 1.29 is 0 Å². The zero-order chi connectivity index (χ0) is 9.97. The second-order valence-corrected chi connectivity index (χ2v) is 4.49. The van der Waals surface area contributed by atoms with E-state index in [0.717, 1.165) is 17.4 Å². The van der Waals surface area contributed by atoms with Crippen LogP contribution in [0.5, 0.6) is 0 Å². The van der Waals surface area contributed by atoms with Gasteiger partial charge in [0.25, 0.3) is 0 Å². The molecule has 0 bridgehead atoms. The third kappa shape index (κ3) is 1.97.